The third kappa shape index (κ3) is 2.41. The third-order valence-corrected chi connectivity index (χ3v) is 3.86. The zero-order chi connectivity index (χ0) is 17.4. The predicted octanol–water partition coefficient (Wildman–Crippen LogP) is 0.689. The minimum atomic E-state index is -0.356. The average molecular weight is 331 g/mol. The molecule has 3 heterocycles. The van der Waals surface area contributed by atoms with Gasteiger partial charge in [0.05, 0.1) is 0 Å². The van der Waals surface area contributed by atoms with Gasteiger partial charge in [-0.05, 0) is 12.8 Å². The van der Waals surface area contributed by atoms with Crippen LogP contribution in [0.4, 0.5) is 5.82 Å². The van der Waals surface area contributed by atoms with Crippen LogP contribution in [0.25, 0.3) is 22.8 Å². The zero-order valence-corrected chi connectivity index (χ0v) is 14.0. The number of hydrogen-bond donors (Lipinski definition) is 2. The molecule has 0 fully saturated rings. The number of aryl methyl sites for hydroxylation is 2. The Kier molecular flexibility index (Phi) is 4.00. The number of rotatable bonds is 5. The van der Waals surface area contributed by atoms with E-state index in [4.69, 9.17) is 5.73 Å². The molecule has 128 valence electrons. The van der Waals surface area contributed by atoms with Crippen molar-refractivity contribution in [3.8, 4) is 11.6 Å². The van der Waals surface area contributed by atoms with Crippen LogP contribution in [-0.2, 0) is 20.1 Å². The number of nitrogen functional groups attached to an aromatic ring is 1. The van der Waals surface area contributed by atoms with E-state index in [1.54, 1.807) is 22.4 Å². The first kappa shape index (κ1) is 16.0. The average Bonchev–Trinajstić information content (AvgIpc) is 3.11. The first-order chi connectivity index (χ1) is 11.5. The quantitative estimate of drug-likeness (QED) is 0.713. The van der Waals surface area contributed by atoms with E-state index in [0.29, 0.717) is 48.1 Å². The van der Waals surface area contributed by atoms with Crippen molar-refractivity contribution >= 4 is 17.0 Å². The predicted molar refractivity (Wildman–Crippen MR) is 91.8 cm³/mol. The van der Waals surface area contributed by atoms with Crippen LogP contribution < -0.4 is 17.0 Å². The molecule has 3 rings (SSSR count). The molecule has 9 nitrogen and oxygen atoms in total. The fourth-order valence-electron chi connectivity index (χ4n) is 2.83. The number of imidazole rings is 2. The van der Waals surface area contributed by atoms with Crippen LogP contribution in [-0.4, -0.2) is 28.7 Å². The second-order valence-electron chi connectivity index (χ2n) is 5.78. The second-order valence-corrected chi connectivity index (χ2v) is 5.78. The van der Waals surface area contributed by atoms with Gasteiger partial charge in [0.25, 0.3) is 5.56 Å². The van der Waals surface area contributed by atoms with E-state index in [1.165, 1.54) is 4.57 Å². The summed E-state index contributed by atoms with van der Waals surface area (Å²) in [5.41, 5.74) is 5.70. The highest BCUT2D eigenvalue weighted by molar-refractivity contribution is 5.74. The lowest BCUT2D eigenvalue weighted by Gasteiger charge is -2.09. The number of aromatic nitrogens is 6. The van der Waals surface area contributed by atoms with Crippen molar-refractivity contribution < 1.29 is 0 Å². The first-order valence-electron chi connectivity index (χ1n) is 8.00. The highest BCUT2D eigenvalue weighted by atomic mass is 16.2. The molecular weight excluding hydrogens is 310 g/mol. The highest BCUT2D eigenvalue weighted by Gasteiger charge is 2.19. The Morgan fingerprint density at radius 3 is 2.38 bits per heavy atom. The van der Waals surface area contributed by atoms with Gasteiger partial charge in [0.15, 0.2) is 22.8 Å². The third-order valence-electron chi connectivity index (χ3n) is 3.86. The lowest BCUT2D eigenvalue weighted by atomic mass is 10.4. The lowest BCUT2D eigenvalue weighted by molar-refractivity contribution is 0.555. The van der Waals surface area contributed by atoms with E-state index in [2.05, 4.69) is 15.0 Å². The summed E-state index contributed by atoms with van der Waals surface area (Å²) in [7, 11) is 1.79. The molecule has 0 saturated carbocycles. The van der Waals surface area contributed by atoms with Crippen molar-refractivity contribution in [1.29, 1.82) is 0 Å². The van der Waals surface area contributed by atoms with Gasteiger partial charge in [-0.15, -0.1) is 0 Å². The molecule has 0 saturated heterocycles. The van der Waals surface area contributed by atoms with Gasteiger partial charge in [0.1, 0.15) is 5.82 Å². The van der Waals surface area contributed by atoms with Crippen molar-refractivity contribution in [2.45, 2.75) is 39.8 Å². The van der Waals surface area contributed by atoms with Gasteiger partial charge in [-0.3, -0.25) is 13.9 Å². The molecule has 0 aliphatic carbocycles. The highest BCUT2D eigenvalue weighted by Crippen LogP contribution is 2.18. The Bertz CT molecular complexity index is 1010. The van der Waals surface area contributed by atoms with Gasteiger partial charge < -0.3 is 15.3 Å². The molecule has 0 aliphatic heterocycles. The van der Waals surface area contributed by atoms with E-state index in [0.717, 1.165) is 6.42 Å². The second kappa shape index (κ2) is 5.99. The van der Waals surface area contributed by atoms with Gasteiger partial charge in [0, 0.05) is 26.3 Å². The largest absolute Gasteiger partial charge is 0.382 e. The fourth-order valence-corrected chi connectivity index (χ4v) is 2.83. The molecular formula is C15H21N7O2. The molecule has 0 atom stereocenters. The molecule has 0 spiro atoms. The standard InChI is InChI=1S/C15H21N7O2/c1-4-6-21-12-10(14(23)22(7-5-2)15(21)24)18-11(19-12)13-17-9(16)8-20(13)3/h8H,4-7,16H2,1-3H3,(H,18,19). The maximum atomic E-state index is 12.7. The van der Waals surface area contributed by atoms with E-state index in [-0.39, 0.29) is 11.2 Å². The van der Waals surface area contributed by atoms with E-state index >= 15 is 0 Å². The number of anilines is 1. The van der Waals surface area contributed by atoms with Crippen LogP contribution in [0.2, 0.25) is 0 Å². The van der Waals surface area contributed by atoms with Gasteiger partial charge in [-0.25, -0.2) is 14.8 Å². The topological polar surface area (TPSA) is 117 Å². The number of hydrogen-bond acceptors (Lipinski definition) is 5. The number of nitrogens with zero attached hydrogens (tertiary/aromatic N) is 5. The van der Waals surface area contributed by atoms with Crippen LogP contribution in [0, 0.1) is 0 Å². The first-order valence-corrected chi connectivity index (χ1v) is 8.00. The Morgan fingerprint density at radius 1 is 1.12 bits per heavy atom. The smallest absolute Gasteiger partial charge is 0.332 e. The molecule has 3 aromatic heterocycles. The van der Waals surface area contributed by atoms with Crippen LogP contribution in [0.3, 0.4) is 0 Å². The number of H-pyrrole nitrogens is 1. The summed E-state index contributed by atoms with van der Waals surface area (Å²) in [5.74, 6) is 1.29. The molecule has 0 amide bonds. The van der Waals surface area contributed by atoms with Gasteiger partial charge in [-0.1, -0.05) is 13.8 Å². The summed E-state index contributed by atoms with van der Waals surface area (Å²) in [4.78, 5) is 37.0. The van der Waals surface area contributed by atoms with Crippen LogP contribution in [0.1, 0.15) is 26.7 Å². The maximum absolute atomic E-state index is 12.7. The Morgan fingerprint density at radius 2 is 1.79 bits per heavy atom. The zero-order valence-electron chi connectivity index (χ0n) is 14.0. The SMILES string of the molecule is CCCn1c(=O)c2[nH]c(-c3nc(N)cn3C)nc2n(CCC)c1=O. The fraction of sp³-hybridized carbons (Fsp3) is 0.467. The molecule has 0 aromatic carbocycles. The Balaban J connectivity index is 2.33. The number of nitrogens with two attached hydrogens (primary N) is 1. The van der Waals surface area contributed by atoms with Gasteiger partial charge in [0.2, 0.25) is 0 Å². The Labute approximate surface area is 137 Å². The molecule has 0 aliphatic rings. The monoisotopic (exact) mass is 331 g/mol. The van der Waals surface area contributed by atoms with Gasteiger partial charge >= 0.3 is 5.69 Å². The van der Waals surface area contributed by atoms with E-state index in [9.17, 15) is 9.59 Å². The number of nitrogens with one attached hydrogen (secondary N) is 1. The summed E-state index contributed by atoms with van der Waals surface area (Å²) in [6.45, 7) is 4.77. The summed E-state index contributed by atoms with van der Waals surface area (Å²) < 4.78 is 4.52. The van der Waals surface area contributed by atoms with Crippen LogP contribution in [0.15, 0.2) is 15.8 Å². The summed E-state index contributed by atoms with van der Waals surface area (Å²) in [5, 5.41) is 0. The van der Waals surface area contributed by atoms with Crippen molar-refractivity contribution in [2.24, 2.45) is 7.05 Å². The minimum absolute atomic E-state index is 0.313. The van der Waals surface area contributed by atoms with Crippen molar-refractivity contribution in [3.63, 3.8) is 0 Å². The lowest BCUT2D eigenvalue weighted by Crippen LogP contribution is -2.40. The summed E-state index contributed by atoms with van der Waals surface area (Å²) >= 11 is 0. The molecule has 0 bridgehead atoms. The normalized spacial score (nSPS) is 11.5. The number of aromatic amines is 1. The van der Waals surface area contributed by atoms with E-state index < -0.39 is 0 Å². The summed E-state index contributed by atoms with van der Waals surface area (Å²) in [6.07, 6.45) is 3.12. The summed E-state index contributed by atoms with van der Waals surface area (Å²) in [6, 6.07) is 0. The molecule has 9 heteroatoms. The van der Waals surface area contributed by atoms with E-state index in [1.807, 2.05) is 13.8 Å². The van der Waals surface area contributed by atoms with Crippen LogP contribution in [0.5, 0.6) is 0 Å². The molecule has 24 heavy (non-hydrogen) atoms. The Hall–Kier alpha value is -2.84. The maximum Gasteiger partial charge on any atom is 0.332 e. The van der Waals surface area contributed by atoms with Crippen molar-refractivity contribution in [2.75, 3.05) is 5.73 Å². The van der Waals surface area contributed by atoms with Crippen molar-refractivity contribution in [1.82, 2.24) is 28.7 Å². The minimum Gasteiger partial charge on any atom is -0.382 e. The molecule has 0 unspecified atom stereocenters. The van der Waals surface area contributed by atoms with Crippen molar-refractivity contribution in [3.05, 3.63) is 27.0 Å². The van der Waals surface area contributed by atoms with Crippen LogP contribution >= 0.6 is 0 Å². The molecule has 3 aromatic rings. The molecule has 3 N–H and O–H groups in total. The van der Waals surface area contributed by atoms with Gasteiger partial charge in [-0.2, -0.15) is 0 Å². The molecule has 0 radical (unpaired) electrons. The number of fused-ring (bicyclic) bond motifs is 1.